The summed E-state index contributed by atoms with van der Waals surface area (Å²) in [7, 11) is 0. The van der Waals surface area contributed by atoms with Crippen molar-refractivity contribution in [1.82, 2.24) is 9.55 Å². The highest BCUT2D eigenvalue weighted by molar-refractivity contribution is 5.39. The van der Waals surface area contributed by atoms with Crippen LogP contribution in [0.3, 0.4) is 0 Å². The van der Waals surface area contributed by atoms with Crippen LogP contribution in [-0.2, 0) is 11.3 Å². The first kappa shape index (κ1) is 17.1. The lowest BCUT2D eigenvalue weighted by Crippen LogP contribution is -2.23. The van der Waals surface area contributed by atoms with E-state index in [1.807, 2.05) is 35.0 Å². The molecule has 2 aromatic carbocycles. The lowest BCUT2D eigenvalue weighted by molar-refractivity contribution is 0.00476. The second-order valence-corrected chi connectivity index (χ2v) is 5.54. The largest absolute Gasteiger partial charge is 0.491 e. The molecule has 0 bridgehead atoms. The van der Waals surface area contributed by atoms with Gasteiger partial charge in [-0.1, -0.05) is 24.3 Å². The highest BCUT2D eigenvalue weighted by Crippen LogP contribution is 2.17. The molecule has 0 fully saturated rings. The number of hydrogen-bond acceptors (Lipinski definition) is 4. The molecule has 0 saturated carbocycles. The molecule has 5 nitrogen and oxygen atoms in total. The molecular formula is C19H19FN2O3. The van der Waals surface area contributed by atoms with Crippen molar-refractivity contribution in [2.45, 2.75) is 12.7 Å². The third-order valence-corrected chi connectivity index (χ3v) is 3.59. The van der Waals surface area contributed by atoms with Gasteiger partial charge in [-0.15, -0.1) is 0 Å². The molecule has 3 aromatic rings. The molecule has 0 saturated heterocycles. The number of nitrogens with zero attached hydrogens (tertiary/aromatic N) is 2. The monoisotopic (exact) mass is 342 g/mol. The van der Waals surface area contributed by atoms with E-state index in [4.69, 9.17) is 9.47 Å². The van der Waals surface area contributed by atoms with Crippen LogP contribution in [0.4, 0.5) is 4.39 Å². The Hall–Kier alpha value is -2.70. The summed E-state index contributed by atoms with van der Waals surface area (Å²) in [5.74, 6) is 0.323. The predicted octanol–water partition coefficient (Wildman–Crippen LogP) is 2.97. The second-order valence-electron chi connectivity index (χ2n) is 5.54. The fourth-order valence-electron chi connectivity index (χ4n) is 2.31. The minimum atomic E-state index is -0.802. The first-order valence-corrected chi connectivity index (χ1v) is 7.93. The van der Waals surface area contributed by atoms with Crippen LogP contribution in [0.15, 0.2) is 67.3 Å². The van der Waals surface area contributed by atoms with E-state index < -0.39 is 6.10 Å². The van der Waals surface area contributed by atoms with Gasteiger partial charge in [0.15, 0.2) is 0 Å². The van der Waals surface area contributed by atoms with Crippen LogP contribution in [-0.4, -0.2) is 34.0 Å². The minimum absolute atomic E-state index is 0.0650. The average molecular weight is 342 g/mol. The fraction of sp³-hybridized carbons (Fsp3) is 0.211. The van der Waals surface area contributed by atoms with Gasteiger partial charge in [0.2, 0.25) is 0 Å². The first-order chi connectivity index (χ1) is 12.2. The van der Waals surface area contributed by atoms with Crippen molar-refractivity contribution < 1.29 is 19.0 Å². The van der Waals surface area contributed by atoms with E-state index in [1.165, 1.54) is 6.07 Å². The van der Waals surface area contributed by atoms with Crippen LogP contribution in [0.2, 0.25) is 0 Å². The van der Waals surface area contributed by atoms with E-state index in [9.17, 15) is 9.50 Å². The average Bonchev–Trinajstić information content (AvgIpc) is 3.17. The summed E-state index contributed by atoms with van der Waals surface area (Å²) in [6, 6.07) is 13.9. The van der Waals surface area contributed by atoms with Gasteiger partial charge in [-0.2, -0.15) is 0 Å². The summed E-state index contributed by atoms with van der Waals surface area (Å²) in [6.07, 6.45) is 4.43. The molecule has 1 aromatic heterocycles. The van der Waals surface area contributed by atoms with Gasteiger partial charge in [-0.25, -0.2) is 9.37 Å². The van der Waals surface area contributed by atoms with Crippen molar-refractivity contribution in [2.24, 2.45) is 0 Å². The van der Waals surface area contributed by atoms with E-state index in [0.717, 1.165) is 5.69 Å². The van der Waals surface area contributed by atoms with Gasteiger partial charge in [-0.05, 0) is 18.2 Å². The lowest BCUT2D eigenvalue weighted by atomic mass is 10.2. The maximum Gasteiger partial charge on any atom is 0.128 e. The summed E-state index contributed by atoms with van der Waals surface area (Å²) >= 11 is 0. The summed E-state index contributed by atoms with van der Waals surface area (Å²) in [5, 5.41) is 9.95. The molecule has 0 amide bonds. The van der Waals surface area contributed by atoms with E-state index in [1.54, 1.807) is 30.7 Å². The Morgan fingerprint density at radius 2 is 2.00 bits per heavy atom. The standard InChI is InChI=1S/C19H19FN2O3/c20-19-7-2-1-4-15(19)11-24-12-17(23)13-25-18-6-3-5-16(10-18)22-9-8-21-14-22/h1-10,14,17,23H,11-13H2. The molecule has 130 valence electrons. The van der Waals surface area contributed by atoms with Crippen LogP contribution in [0.25, 0.3) is 5.69 Å². The molecule has 6 heteroatoms. The minimum Gasteiger partial charge on any atom is -0.491 e. The van der Waals surface area contributed by atoms with Crippen molar-refractivity contribution in [1.29, 1.82) is 0 Å². The summed E-state index contributed by atoms with van der Waals surface area (Å²) < 4.78 is 26.3. The van der Waals surface area contributed by atoms with Crippen LogP contribution < -0.4 is 4.74 Å². The normalized spacial score (nSPS) is 12.1. The highest BCUT2D eigenvalue weighted by Gasteiger charge is 2.08. The zero-order valence-electron chi connectivity index (χ0n) is 13.6. The van der Waals surface area contributed by atoms with Crippen molar-refractivity contribution in [3.05, 3.63) is 78.6 Å². The number of aromatic nitrogens is 2. The Morgan fingerprint density at radius 3 is 2.80 bits per heavy atom. The SMILES string of the molecule is OC(COCc1ccccc1F)COc1cccc(-n2ccnc2)c1. The predicted molar refractivity (Wildman–Crippen MR) is 91.1 cm³/mol. The van der Waals surface area contributed by atoms with E-state index in [-0.39, 0.29) is 25.6 Å². The maximum absolute atomic E-state index is 13.5. The van der Waals surface area contributed by atoms with Crippen LogP contribution in [0.1, 0.15) is 5.56 Å². The van der Waals surface area contributed by atoms with Crippen LogP contribution in [0.5, 0.6) is 5.75 Å². The van der Waals surface area contributed by atoms with E-state index in [2.05, 4.69) is 4.98 Å². The van der Waals surface area contributed by atoms with E-state index >= 15 is 0 Å². The number of imidazole rings is 1. The van der Waals surface area contributed by atoms with Crippen LogP contribution in [0, 0.1) is 5.82 Å². The molecule has 0 radical (unpaired) electrons. The molecule has 0 aliphatic rings. The molecule has 1 unspecified atom stereocenters. The molecule has 1 heterocycles. The number of hydrogen-bond donors (Lipinski definition) is 1. The van der Waals surface area contributed by atoms with Gasteiger partial charge < -0.3 is 19.1 Å². The first-order valence-electron chi connectivity index (χ1n) is 7.93. The zero-order valence-corrected chi connectivity index (χ0v) is 13.6. The smallest absolute Gasteiger partial charge is 0.128 e. The quantitative estimate of drug-likeness (QED) is 0.684. The molecule has 0 aliphatic carbocycles. The Bertz CT molecular complexity index is 793. The molecule has 1 N–H and O–H groups in total. The van der Waals surface area contributed by atoms with Crippen molar-refractivity contribution >= 4 is 0 Å². The number of ether oxygens (including phenoxy) is 2. The Kier molecular flexibility index (Phi) is 5.77. The van der Waals surface area contributed by atoms with Gasteiger partial charge in [-0.3, -0.25) is 0 Å². The summed E-state index contributed by atoms with van der Waals surface area (Å²) in [4.78, 5) is 4.01. The van der Waals surface area contributed by atoms with Gasteiger partial charge in [0, 0.05) is 24.0 Å². The van der Waals surface area contributed by atoms with Crippen molar-refractivity contribution in [3.8, 4) is 11.4 Å². The van der Waals surface area contributed by atoms with Gasteiger partial charge in [0.25, 0.3) is 0 Å². The third kappa shape index (κ3) is 4.89. The van der Waals surface area contributed by atoms with Gasteiger partial charge in [0.1, 0.15) is 24.3 Å². The Labute approximate surface area is 145 Å². The van der Waals surface area contributed by atoms with Crippen molar-refractivity contribution in [2.75, 3.05) is 13.2 Å². The maximum atomic E-state index is 13.5. The lowest BCUT2D eigenvalue weighted by Gasteiger charge is -2.14. The molecule has 25 heavy (non-hydrogen) atoms. The number of aliphatic hydroxyl groups is 1. The fourth-order valence-corrected chi connectivity index (χ4v) is 2.31. The van der Waals surface area contributed by atoms with E-state index in [0.29, 0.717) is 11.3 Å². The number of aliphatic hydroxyl groups excluding tert-OH is 1. The highest BCUT2D eigenvalue weighted by atomic mass is 19.1. The van der Waals surface area contributed by atoms with Crippen LogP contribution >= 0.6 is 0 Å². The summed E-state index contributed by atoms with van der Waals surface area (Å²) in [6.45, 7) is 0.264. The molecule has 3 rings (SSSR count). The molecule has 1 atom stereocenters. The number of halogens is 1. The Balaban J connectivity index is 1.45. The Morgan fingerprint density at radius 1 is 1.12 bits per heavy atom. The van der Waals surface area contributed by atoms with Gasteiger partial charge in [0.05, 0.1) is 25.2 Å². The topological polar surface area (TPSA) is 56.5 Å². The molecule has 0 aliphatic heterocycles. The summed E-state index contributed by atoms with van der Waals surface area (Å²) in [5.41, 5.74) is 1.38. The molecular weight excluding hydrogens is 323 g/mol. The zero-order chi connectivity index (χ0) is 17.5. The van der Waals surface area contributed by atoms with Crippen molar-refractivity contribution in [3.63, 3.8) is 0 Å². The number of benzene rings is 2. The third-order valence-electron chi connectivity index (χ3n) is 3.59. The molecule has 0 spiro atoms. The van der Waals surface area contributed by atoms with Gasteiger partial charge >= 0.3 is 0 Å². The second kappa shape index (κ2) is 8.41. The number of rotatable bonds is 8.